The van der Waals surface area contributed by atoms with E-state index in [1.807, 2.05) is 35.0 Å². The summed E-state index contributed by atoms with van der Waals surface area (Å²) >= 11 is 3.11. The lowest BCUT2D eigenvalue weighted by Gasteiger charge is -2.20. The van der Waals surface area contributed by atoms with Gasteiger partial charge in [-0.25, -0.2) is 14.6 Å². The zero-order chi connectivity index (χ0) is 21.8. The van der Waals surface area contributed by atoms with E-state index in [0.717, 1.165) is 15.5 Å². The molecule has 0 radical (unpaired) electrons. The lowest BCUT2D eigenvalue weighted by molar-refractivity contribution is -0.136. The van der Waals surface area contributed by atoms with E-state index in [1.54, 1.807) is 34.8 Å². The van der Waals surface area contributed by atoms with Crippen LogP contribution in [-0.2, 0) is 14.3 Å². The number of nitrogens with zero attached hydrogens (tertiary/aromatic N) is 2. The standard InChI is InChI=1S/C22H18N2O5S2/c1-28-21(26)14-6-2-3-7-15(14)22(27)29-13-20(25)24-17(19-9-5-11-31-19)12-16(23-24)18-8-4-10-30-18/h2-11,17H,12-13H2,1H3. The fourth-order valence-corrected chi connectivity index (χ4v) is 4.79. The van der Waals surface area contributed by atoms with Gasteiger partial charge >= 0.3 is 11.9 Å². The Hall–Kier alpha value is -3.30. The minimum absolute atomic E-state index is 0.0427. The maximum absolute atomic E-state index is 12.9. The molecule has 1 amide bonds. The number of carbonyl (C=O) groups is 3. The largest absolute Gasteiger partial charge is 0.465 e. The second-order valence-corrected chi connectivity index (χ2v) is 8.54. The minimum Gasteiger partial charge on any atom is -0.465 e. The van der Waals surface area contributed by atoms with Crippen LogP contribution in [-0.4, -0.2) is 42.3 Å². The van der Waals surface area contributed by atoms with Gasteiger partial charge in [0.05, 0.1) is 34.9 Å². The molecule has 3 heterocycles. The van der Waals surface area contributed by atoms with Crippen LogP contribution in [0.1, 0.15) is 42.9 Å². The van der Waals surface area contributed by atoms with Crippen molar-refractivity contribution in [2.24, 2.45) is 5.10 Å². The van der Waals surface area contributed by atoms with Crippen LogP contribution in [0.25, 0.3) is 0 Å². The Morgan fingerprint density at radius 3 is 2.35 bits per heavy atom. The SMILES string of the molecule is COC(=O)c1ccccc1C(=O)OCC(=O)N1N=C(c2cccs2)CC1c1cccs1. The van der Waals surface area contributed by atoms with Crippen LogP contribution in [0.3, 0.4) is 0 Å². The van der Waals surface area contributed by atoms with E-state index in [4.69, 9.17) is 9.47 Å². The minimum atomic E-state index is -0.774. The van der Waals surface area contributed by atoms with E-state index < -0.39 is 24.5 Å². The topological polar surface area (TPSA) is 85.3 Å². The van der Waals surface area contributed by atoms with Gasteiger partial charge in [0.15, 0.2) is 6.61 Å². The third-order valence-corrected chi connectivity index (χ3v) is 6.61. The zero-order valence-corrected chi connectivity index (χ0v) is 18.2. The summed E-state index contributed by atoms with van der Waals surface area (Å²) in [7, 11) is 1.23. The molecule has 0 N–H and O–H groups in total. The van der Waals surface area contributed by atoms with E-state index in [1.165, 1.54) is 24.3 Å². The number of thiophene rings is 2. The Kier molecular flexibility index (Phi) is 6.24. The predicted molar refractivity (Wildman–Crippen MR) is 117 cm³/mol. The molecule has 0 saturated heterocycles. The molecule has 1 atom stereocenters. The Balaban J connectivity index is 1.50. The number of hydrogen-bond acceptors (Lipinski definition) is 8. The first-order valence-corrected chi connectivity index (χ1v) is 11.2. The number of carbonyl (C=O) groups excluding carboxylic acids is 3. The number of methoxy groups -OCH3 is 1. The highest BCUT2D eigenvalue weighted by Gasteiger charge is 2.34. The monoisotopic (exact) mass is 454 g/mol. The predicted octanol–water partition coefficient (Wildman–Crippen LogP) is 4.13. The number of esters is 2. The maximum atomic E-state index is 12.9. The fraction of sp³-hybridized carbons (Fsp3) is 0.182. The van der Waals surface area contributed by atoms with Crippen molar-refractivity contribution in [2.45, 2.75) is 12.5 Å². The summed E-state index contributed by atoms with van der Waals surface area (Å²) in [6.45, 7) is -0.489. The molecule has 158 valence electrons. The number of hydrazone groups is 1. The first kappa shape index (κ1) is 21.0. The van der Waals surface area contributed by atoms with Gasteiger partial charge in [-0.3, -0.25) is 4.79 Å². The van der Waals surface area contributed by atoms with Gasteiger partial charge < -0.3 is 9.47 Å². The van der Waals surface area contributed by atoms with Gasteiger partial charge in [-0.05, 0) is 35.0 Å². The van der Waals surface area contributed by atoms with Crippen molar-refractivity contribution in [3.05, 3.63) is 80.2 Å². The van der Waals surface area contributed by atoms with Crippen LogP contribution in [0, 0.1) is 0 Å². The van der Waals surface area contributed by atoms with Crippen molar-refractivity contribution in [3.63, 3.8) is 0 Å². The number of hydrogen-bond donors (Lipinski definition) is 0. The molecule has 0 spiro atoms. The van der Waals surface area contributed by atoms with E-state index in [2.05, 4.69) is 5.10 Å². The third kappa shape index (κ3) is 4.42. The molecule has 3 aromatic rings. The van der Waals surface area contributed by atoms with Crippen LogP contribution < -0.4 is 0 Å². The van der Waals surface area contributed by atoms with Crippen LogP contribution >= 0.6 is 22.7 Å². The lowest BCUT2D eigenvalue weighted by atomic mass is 10.1. The van der Waals surface area contributed by atoms with Crippen LogP contribution in [0.5, 0.6) is 0 Å². The van der Waals surface area contributed by atoms with Crippen LogP contribution in [0.15, 0.2) is 64.4 Å². The average Bonchev–Trinajstić information content (AvgIpc) is 3.56. The Bertz CT molecular complexity index is 1120. The first-order chi connectivity index (χ1) is 15.1. The third-order valence-electron chi connectivity index (χ3n) is 4.72. The molecule has 0 aliphatic carbocycles. The van der Waals surface area contributed by atoms with Crippen LogP contribution in [0.2, 0.25) is 0 Å². The Morgan fingerprint density at radius 1 is 1.00 bits per heavy atom. The summed E-state index contributed by atoms with van der Waals surface area (Å²) in [5, 5.41) is 9.83. The summed E-state index contributed by atoms with van der Waals surface area (Å²) in [5.74, 6) is -1.86. The number of rotatable bonds is 6. The molecule has 31 heavy (non-hydrogen) atoms. The van der Waals surface area contributed by atoms with E-state index in [0.29, 0.717) is 6.42 Å². The van der Waals surface area contributed by atoms with Gasteiger partial charge in [0.1, 0.15) is 0 Å². The summed E-state index contributed by atoms with van der Waals surface area (Å²) < 4.78 is 9.93. The summed E-state index contributed by atoms with van der Waals surface area (Å²) in [4.78, 5) is 39.4. The van der Waals surface area contributed by atoms with E-state index >= 15 is 0 Å². The molecule has 9 heteroatoms. The molecule has 1 aliphatic heterocycles. The average molecular weight is 455 g/mol. The van der Waals surface area contributed by atoms with Crippen molar-refractivity contribution < 1.29 is 23.9 Å². The number of benzene rings is 1. The highest BCUT2D eigenvalue weighted by atomic mass is 32.1. The van der Waals surface area contributed by atoms with Gasteiger partial charge in [0.2, 0.25) is 0 Å². The van der Waals surface area contributed by atoms with Gasteiger partial charge in [-0.15, -0.1) is 22.7 Å². The molecule has 0 fully saturated rings. The molecule has 1 unspecified atom stereocenters. The highest BCUT2D eigenvalue weighted by Crippen LogP contribution is 2.35. The quantitative estimate of drug-likeness (QED) is 0.523. The summed E-state index contributed by atoms with van der Waals surface area (Å²) in [6.07, 6.45) is 0.589. The summed E-state index contributed by atoms with van der Waals surface area (Å²) in [6, 6.07) is 13.7. The molecule has 2 aromatic heterocycles. The van der Waals surface area contributed by atoms with E-state index in [9.17, 15) is 14.4 Å². The molecule has 0 saturated carbocycles. The molecule has 7 nitrogen and oxygen atoms in total. The highest BCUT2D eigenvalue weighted by molar-refractivity contribution is 7.12. The number of ether oxygens (including phenoxy) is 2. The van der Waals surface area contributed by atoms with Crippen molar-refractivity contribution in [1.29, 1.82) is 0 Å². The van der Waals surface area contributed by atoms with Crippen molar-refractivity contribution in [3.8, 4) is 0 Å². The van der Waals surface area contributed by atoms with E-state index in [-0.39, 0.29) is 17.2 Å². The van der Waals surface area contributed by atoms with Crippen molar-refractivity contribution in [1.82, 2.24) is 5.01 Å². The first-order valence-electron chi connectivity index (χ1n) is 9.39. The lowest BCUT2D eigenvalue weighted by Crippen LogP contribution is -2.31. The molecule has 4 rings (SSSR count). The van der Waals surface area contributed by atoms with Gasteiger partial charge in [-0.2, -0.15) is 5.10 Å². The molecule has 1 aliphatic rings. The van der Waals surface area contributed by atoms with Crippen LogP contribution in [0.4, 0.5) is 0 Å². The Morgan fingerprint density at radius 2 is 1.71 bits per heavy atom. The van der Waals surface area contributed by atoms with Gasteiger partial charge in [0.25, 0.3) is 5.91 Å². The second-order valence-electron chi connectivity index (χ2n) is 6.61. The summed E-state index contributed by atoms with van der Waals surface area (Å²) in [5.41, 5.74) is 0.948. The second kappa shape index (κ2) is 9.23. The molecular formula is C22H18N2O5S2. The maximum Gasteiger partial charge on any atom is 0.339 e. The van der Waals surface area contributed by atoms with Gasteiger partial charge in [-0.1, -0.05) is 24.3 Å². The van der Waals surface area contributed by atoms with Gasteiger partial charge in [0, 0.05) is 11.3 Å². The fourth-order valence-electron chi connectivity index (χ4n) is 3.25. The smallest absolute Gasteiger partial charge is 0.339 e. The van der Waals surface area contributed by atoms with Crippen molar-refractivity contribution >= 4 is 46.2 Å². The Labute approximate surface area is 186 Å². The van der Waals surface area contributed by atoms with Crippen molar-refractivity contribution in [2.75, 3.05) is 13.7 Å². The number of amides is 1. The zero-order valence-electron chi connectivity index (χ0n) is 16.5. The molecular weight excluding hydrogens is 436 g/mol. The molecule has 0 bridgehead atoms. The molecule has 1 aromatic carbocycles. The normalized spacial score (nSPS) is 15.5.